The Hall–Kier alpha value is -2.51. The first-order valence-electron chi connectivity index (χ1n) is 6.73. The summed E-state index contributed by atoms with van der Waals surface area (Å²) in [6, 6.07) is 9.18. The zero-order valence-electron chi connectivity index (χ0n) is 12.2. The van der Waals surface area contributed by atoms with E-state index in [0.29, 0.717) is 11.3 Å². The van der Waals surface area contributed by atoms with Crippen LogP contribution in [0.25, 0.3) is 12.2 Å². The van der Waals surface area contributed by atoms with Gasteiger partial charge in [0.15, 0.2) is 0 Å². The highest BCUT2D eigenvalue weighted by Crippen LogP contribution is 2.33. The standard InChI is InChI=1S/C16H13ClF3N3O/c17-13-6-3-7-14(22-15(24)23-21)11(13)9-8-10-4-1-2-5-12(10)16(18,19)20/h1-9H,21H2,(H2,22,23,24)/b9-8+. The molecule has 2 aromatic rings. The monoisotopic (exact) mass is 355 g/mol. The van der Waals surface area contributed by atoms with Gasteiger partial charge in [-0.2, -0.15) is 13.2 Å². The Labute approximate surface area is 141 Å². The molecule has 0 bridgehead atoms. The van der Waals surface area contributed by atoms with Crippen molar-refractivity contribution in [3.63, 3.8) is 0 Å². The number of urea groups is 1. The normalized spacial score (nSPS) is 11.5. The maximum absolute atomic E-state index is 13.0. The van der Waals surface area contributed by atoms with Crippen molar-refractivity contribution in [1.29, 1.82) is 0 Å². The van der Waals surface area contributed by atoms with Crippen molar-refractivity contribution in [2.45, 2.75) is 6.18 Å². The lowest BCUT2D eigenvalue weighted by Crippen LogP contribution is -2.34. The van der Waals surface area contributed by atoms with E-state index in [4.69, 9.17) is 17.4 Å². The number of hydrazine groups is 1. The Morgan fingerprint density at radius 3 is 2.46 bits per heavy atom. The SMILES string of the molecule is NNC(=O)Nc1cccc(Cl)c1/C=C/c1ccccc1C(F)(F)F. The smallest absolute Gasteiger partial charge is 0.306 e. The minimum Gasteiger partial charge on any atom is -0.306 e. The van der Waals surface area contributed by atoms with Crippen molar-refractivity contribution in [2.75, 3.05) is 5.32 Å². The van der Waals surface area contributed by atoms with Crippen LogP contribution < -0.4 is 16.6 Å². The molecule has 0 saturated heterocycles. The quantitative estimate of drug-likeness (QED) is 0.328. The number of carbonyl (C=O) groups is 1. The third-order valence-electron chi connectivity index (χ3n) is 3.13. The number of alkyl halides is 3. The molecule has 4 nitrogen and oxygen atoms in total. The van der Waals surface area contributed by atoms with Gasteiger partial charge in [0, 0.05) is 10.6 Å². The molecule has 0 radical (unpaired) electrons. The van der Waals surface area contributed by atoms with Gasteiger partial charge in [0.05, 0.1) is 11.3 Å². The summed E-state index contributed by atoms with van der Waals surface area (Å²) in [6.07, 6.45) is -1.78. The Morgan fingerprint density at radius 2 is 1.79 bits per heavy atom. The molecular weight excluding hydrogens is 343 g/mol. The number of nitrogens with one attached hydrogen (secondary N) is 2. The van der Waals surface area contributed by atoms with E-state index in [-0.39, 0.29) is 10.6 Å². The minimum absolute atomic E-state index is 0.0147. The van der Waals surface area contributed by atoms with Gasteiger partial charge in [-0.05, 0) is 23.8 Å². The van der Waals surface area contributed by atoms with Crippen LogP contribution >= 0.6 is 11.6 Å². The average molecular weight is 356 g/mol. The van der Waals surface area contributed by atoms with Gasteiger partial charge in [-0.15, -0.1) is 0 Å². The van der Waals surface area contributed by atoms with Crippen LogP contribution in [0.5, 0.6) is 0 Å². The molecule has 24 heavy (non-hydrogen) atoms. The second-order valence-corrected chi connectivity index (χ2v) is 5.13. The molecular formula is C16H13ClF3N3O. The van der Waals surface area contributed by atoms with Gasteiger partial charge >= 0.3 is 12.2 Å². The zero-order valence-corrected chi connectivity index (χ0v) is 12.9. The topological polar surface area (TPSA) is 67.1 Å². The lowest BCUT2D eigenvalue weighted by Gasteiger charge is -2.11. The number of hydrogen-bond acceptors (Lipinski definition) is 2. The molecule has 2 amide bonds. The predicted octanol–water partition coefficient (Wildman–Crippen LogP) is 4.52. The van der Waals surface area contributed by atoms with Crippen LogP contribution in [0.2, 0.25) is 5.02 Å². The van der Waals surface area contributed by atoms with Crippen LogP contribution in [0, 0.1) is 0 Å². The van der Waals surface area contributed by atoms with E-state index in [2.05, 4.69) is 5.32 Å². The number of nitrogens with two attached hydrogens (primary N) is 1. The molecule has 0 fully saturated rings. The minimum atomic E-state index is -4.47. The molecule has 0 heterocycles. The summed E-state index contributed by atoms with van der Waals surface area (Å²) >= 11 is 6.08. The van der Waals surface area contributed by atoms with Gasteiger partial charge in [0.1, 0.15) is 0 Å². The molecule has 126 valence electrons. The largest absolute Gasteiger partial charge is 0.416 e. The Morgan fingerprint density at radius 1 is 1.08 bits per heavy atom. The molecule has 0 aliphatic heterocycles. The summed E-state index contributed by atoms with van der Waals surface area (Å²) in [5.41, 5.74) is 1.79. The van der Waals surface area contributed by atoms with Crippen molar-refractivity contribution in [1.82, 2.24) is 5.43 Å². The summed E-state index contributed by atoms with van der Waals surface area (Å²) in [6.45, 7) is 0. The number of halogens is 4. The summed E-state index contributed by atoms with van der Waals surface area (Å²) in [5, 5.41) is 2.72. The van der Waals surface area contributed by atoms with Gasteiger partial charge in [0.2, 0.25) is 0 Å². The molecule has 0 saturated carbocycles. The molecule has 2 rings (SSSR count). The third kappa shape index (κ3) is 4.27. The van der Waals surface area contributed by atoms with E-state index in [1.165, 1.54) is 30.4 Å². The number of rotatable bonds is 3. The first kappa shape index (κ1) is 17.8. The number of amides is 2. The van der Waals surface area contributed by atoms with Gasteiger partial charge in [-0.3, -0.25) is 5.43 Å². The molecule has 8 heteroatoms. The summed E-state index contributed by atoms with van der Waals surface area (Å²) < 4.78 is 39.0. The Bertz CT molecular complexity index is 775. The molecule has 4 N–H and O–H groups in total. The van der Waals surface area contributed by atoms with Crippen LogP contribution in [0.1, 0.15) is 16.7 Å². The van der Waals surface area contributed by atoms with Crippen LogP contribution in [-0.2, 0) is 6.18 Å². The highest BCUT2D eigenvalue weighted by molar-refractivity contribution is 6.32. The molecule has 0 aliphatic rings. The summed E-state index contributed by atoms with van der Waals surface area (Å²) in [7, 11) is 0. The number of benzene rings is 2. The van der Waals surface area contributed by atoms with Crippen molar-refractivity contribution < 1.29 is 18.0 Å². The molecule has 2 aromatic carbocycles. The maximum atomic E-state index is 13.0. The molecule has 0 aromatic heterocycles. The second-order valence-electron chi connectivity index (χ2n) is 4.72. The third-order valence-corrected chi connectivity index (χ3v) is 3.46. The highest BCUT2D eigenvalue weighted by Gasteiger charge is 2.32. The van der Waals surface area contributed by atoms with E-state index in [1.54, 1.807) is 18.2 Å². The van der Waals surface area contributed by atoms with E-state index in [9.17, 15) is 18.0 Å². The number of carbonyl (C=O) groups excluding carboxylic acids is 1. The molecule has 0 spiro atoms. The van der Waals surface area contributed by atoms with Gasteiger partial charge < -0.3 is 5.32 Å². The van der Waals surface area contributed by atoms with Crippen molar-refractivity contribution >= 4 is 35.5 Å². The highest BCUT2D eigenvalue weighted by atomic mass is 35.5. The second kappa shape index (κ2) is 7.37. The summed E-state index contributed by atoms with van der Waals surface area (Å²) in [5.74, 6) is 5.00. The van der Waals surface area contributed by atoms with E-state index < -0.39 is 17.8 Å². The fourth-order valence-corrected chi connectivity index (χ4v) is 2.28. The number of anilines is 1. The van der Waals surface area contributed by atoms with Crippen LogP contribution in [0.4, 0.5) is 23.7 Å². The summed E-state index contributed by atoms with van der Waals surface area (Å²) in [4.78, 5) is 11.3. The van der Waals surface area contributed by atoms with Gasteiger partial charge in [-0.25, -0.2) is 10.6 Å². The van der Waals surface area contributed by atoms with Crippen molar-refractivity contribution in [3.8, 4) is 0 Å². The van der Waals surface area contributed by atoms with Crippen LogP contribution in [0.3, 0.4) is 0 Å². The Balaban J connectivity index is 2.42. The molecule has 0 unspecified atom stereocenters. The molecule has 0 atom stereocenters. The van der Waals surface area contributed by atoms with E-state index in [1.807, 2.05) is 5.43 Å². The first-order valence-corrected chi connectivity index (χ1v) is 7.11. The van der Waals surface area contributed by atoms with Crippen molar-refractivity contribution in [3.05, 3.63) is 64.2 Å². The fraction of sp³-hybridized carbons (Fsp3) is 0.0625. The number of hydrogen-bond donors (Lipinski definition) is 3. The molecule has 0 aliphatic carbocycles. The van der Waals surface area contributed by atoms with Crippen LogP contribution in [-0.4, -0.2) is 6.03 Å². The maximum Gasteiger partial charge on any atom is 0.416 e. The Kier molecular flexibility index (Phi) is 5.48. The average Bonchev–Trinajstić information content (AvgIpc) is 2.53. The van der Waals surface area contributed by atoms with Crippen molar-refractivity contribution in [2.24, 2.45) is 5.84 Å². The van der Waals surface area contributed by atoms with Crippen LogP contribution in [0.15, 0.2) is 42.5 Å². The van der Waals surface area contributed by atoms with Gasteiger partial charge in [-0.1, -0.05) is 48.0 Å². The fourth-order valence-electron chi connectivity index (χ4n) is 2.05. The first-order chi connectivity index (χ1) is 11.3. The van der Waals surface area contributed by atoms with E-state index in [0.717, 1.165) is 6.07 Å². The van der Waals surface area contributed by atoms with E-state index >= 15 is 0 Å². The predicted molar refractivity (Wildman–Crippen MR) is 88.2 cm³/mol. The lowest BCUT2D eigenvalue weighted by molar-refractivity contribution is -0.137. The lowest BCUT2D eigenvalue weighted by atomic mass is 10.0. The van der Waals surface area contributed by atoms with Gasteiger partial charge in [0.25, 0.3) is 0 Å². The zero-order chi connectivity index (χ0) is 17.7.